The number of carbonyl (C=O) groups excluding carboxylic acids is 2. The molecule has 0 bridgehead atoms. The number of halogens is 3. The van der Waals surface area contributed by atoms with Gasteiger partial charge in [-0.1, -0.05) is 60.0 Å². The van der Waals surface area contributed by atoms with E-state index in [1.54, 1.807) is 19.1 Å². The lowest BCUT2D eigenvalue weighted by Crippen LogP contribution is -2.51. The van der Waals surface area contributed by atoms with Gasteiger partial charge in [0.05, 0.1) is 10.6 Å². The van der Waals surface area contributed by atoms with Gasteiger partial charge in [-0.3, -0.25) is 13.9 Å². The third-order valence-electron chi connectivity index (χ3n) is 5.92. The monoisotopic (exact) mass is 579 g/mol. The normalized spacial score (nSPS) is 12.1. The lowest BCUT2D eigenvalue weighted by atomic mass is 10.1. The Morgan fingerprint density at radius 1 is 0.974 bits per heavy atom. The van der Waals surface area contributed by atoms with Crippen molar-refractivity contribution in [2.24, 2.45) is 0 Å². The van der Waals surface area contributed by atoms with Crippen LogP contribution in [-0.4, -0.2) is 44.8 Å². The summed E-state index contributed by atoms with van der Waals surface area (Å²) in [4.78, 5) is 27.8. The summed E-state index contributed by atoms with van der Waals surface area (Å²) in [6, 6.07) is 15.0. The molecule has 1 atom stereocenters. The molecule has 3 aromatic rings. The number of nitrogens with one attached hydrogen (secondary N) is 1. The predicted octanol–water partition coefficient (Wildman–Crippen LogP) is 5.19. The first-order chi connectivity index (χ1) is 18.0. The van der Waals surface area contributed by atoms with Crippen LogP contribution in [0.25, 0.3) is 0 Å². The van der Waals surface area contributed by atoms with Crippen LogP contribution in [0.3, 0.4) is 0 Å². The largest absolute Gasteiger partial charge is 0.357 e. The lowest BCUT2D eigenvalue weighted by Gasteiger charge is -2.33. The van der Waals surface area contributed by atoms with E-state index in [1.165, 1.54) is 66.5 Å². The number of likely N-dealkylation sites (N-methyl/N-ethyl adjacent to an activating group) is 1. The van der Waals surface area contributed by atoms with Gasteiger partial charge in [-0.15, -0.1) is 0 Å². The molecule has 0 heterocycles. The molecule has 1 N–H and O–H groups in total. The number of sulfonamides is 1. The SMILES string of the molecule is CC[C@@H](C(=O)NC)N(Cc1ccc(F)cc1)C(=O)CN(c1cc(Cl)cc(Cl)c1)S(=O)(=O)c1ccc(C)cc1. The van der Waals surface area contributed by atoms with E-state index in [4.69, 9.17) is 23.2 Å². The summed E-state index contributed by atoms with van der Waals surface area (Å²) >= 11 is 12.4. The fourth-order valence-corrected chi connectivity index (χ4v) is 5.83. The molecule has 0 aliphatic rings. The van der Waals surface area contributed by atoms with E-state index in [1.807, 2.05) is 6.92 Å². The summed E-state index contributed by atoms with van der Waals surface area (Å²) in [6.07, 6.45) is 0.264. The zero-order chi connectivity index (χ0) is 28.0. The molecule has 0 spiro atoms. The molecule has 0 aliphatic carbocycles. The third-order valence-corrected chi connectivity index (χ3v) is 8.15. The molecular formula is C27H28Cl2FN3O4S. The zero-order valence-corrected chi connectivity index (χ0v) is 23.4. The highest BCUT2D eigenvalue weighted by atomic mass is 35.5. The molecule has 11 heteroatoms. The zero-order valence-electron chi connectivity index (χ0n) is 21.1. The van der Waals surface area contributed by atoms with E-state index >= 15 is 0 Å². The molecule has 0 saturated heterocycles. The average Bonchev–Trinajstić information content (AvgIpc) is 2.87. The number of carbonyl (C=O) groups is 2. The number of aryl methyl sites for hydroxylation is 1. The van der Waals surface area contributed by atoms with Gasteiger partial charge in [0.15, 0.2) is 0 Å². The van der Waals surface area contributed by atoms with E-state index in [0.29, 0.717) is 5.56 Å². The van der Waals surface area contributed by atoms with Crippen LogP contribution in [-0.2, 0) is 26.2 Å². The predicted molar refractivity (Wildman–Crippen MR) is 147 cm³/mol. The Hall–Kier alpha value is -3.14. The number of nitrogens with zero attached hydrogens (tertiary/aromatic N) is 2. The fraction of sp³-hybridized carbons (Fsp3) is 0.259. The first-order valence-electron chi connectivity index (χ1n) is 11.8. The molecule has 3 aromatic carbocycles. The highest BCUT2D eigenvalue weighted by molar-refractivity contribution is 7.92. The summed E-state index contributed by atoms with van der Waals surface area (Å²) in [7, 11) is -2.80. The van der Waals surface area contributed by atoms with Crippen LogP contribution in [0, 0.1) is 12.7 Å². The third kappa shape index (κ3) is 7.03. The number of rotatable bonds is 10. The van der Waals surface area contributed by atoms with Gasteiger partial charge in [-0.2, -0.15) is 0 Å². The summed E-state index contributed by atoms with van der Waals surface area (Å²) in [5, 5.41) is 2.92. The van der Waals surface area contributed by atoms with Gasteiger partial charge in [-0.05, 0) is 61.4 Å². The van der Waals surface area contributed by atoms with Gasteiger partial charge in [0.25, 0.3) is 10.0 Å². The second-order valence-corrected chi connectivity index (χ2v) is 11.4. The lowest BCUT2D eigenvalue weighted by molar-refractivity contribution is -0.140. The highest BCUT2D eigenvalue weighted by Crippen LogP contribution is 2.30. The topological polar surface area (TPSA) is 86.8 Å². The Morgan fingerprint density at radius 2 is 1.55 bits per heavy atom. The van der Waals surface area contributed by atoms with Crippen molar-refractivity contribution in [2.45, 2.75) is 37.8 Å². The van der Waals surface area contributed by atoms with E-state index in [9.17, 15) is 22.4 Å². The van der Waals surface area contributed by atoms with Crippen molar-refractivity contribution < 1.29 is 22.4 Å². The Balaban J connectivity index is 2.09. The standard InChI is InChI=1S/C27H28Cl2FN3O4S/c1-4-25(27(35)31-3)32(16-19-7-9-22(30)10-8-19)26(34)17-33(23-14-20(28)13-21(29)15-23)38(36,37)24-11-5-18(2)6-12-24/h5-15,25H,4,16-17H2,1-3H3,(H,31,35)/t25-/m0/s1. The molecule has 0 unspecified atom stereocenters. The van der Waals surface area contributed by atoms with Gasteiger partial charge in [0.2, 0.25) is 11.8 Å². The van der Waals surface area contributed by atoms with Gasteiger partial charge in [-0.25, -0.2) is 12.8 Å². The quantitative estimate of drug-likeness (QED) is 0.358. The van der Waals surface area contributed by atoms with Crippen molar-refractivity contribution in [3.63, 3.8) is 0 Å². The smallest absolute Gasteiger partial charge is 0.264 e. The average molecular weight is 581 g/mol. The van der Waals surface area contributed by atoms with E-state index in [2.05, 4.69) is 5.32 Å². The minimum Gasteiger partial charge on any atom is -0.357 e. The van der Waals surface area contributed by atoms with E-state index < -0.39 is 40.2 Å². The molecule has 2 amide bonds. The van der Waals surface area contributed by atoms with Crippen molar-refractivity contribution in [3.8, 4) is 0 Å². The molecule has 202 valence electrons. The maximum Gasteiger partial charge on any atom is 0.264 e. The highest BCUT2D eigenvalue weighted by Gasteiger charge is 2.33. The first kappa shape index (κ1) is 29.4. The number of anilines is 1. The van der Waals surface area contributed by atoms with E-state index in [0.717, 1.165) is 9.87 Å². The molecule has 0 fully saturated rings. The molecule has 38 heavy (non-hydrogen) atoms. The van der Waals surface area contributed by atoms with Crippen molar-refractivity contribution in [1.82, 2.24) is 10.2 Å². The summed E-state index contributed by atoms with van der Waals surface area (Å²) in [6.45, 7) is 2.88. The summed E-state index contributed by atoms with van der Waals surface area (Å²) in [5.74, 6) is -1.50. The Kier molecular flexibility index (Phi) is 9.76. The van der Waals surface area contributed by atoms with Gasteiger partial charge in [0.1, 0.15) is 18.4 Å². The molecule has 3 rings (SSSR count). The molecule has 7 nitrogen and oxygen atoms in total. The number of hydrogen-bond donors (Lipinski definition) is 1. The minimum absolute atomic E-state index is 0.0320. The van der Waals surface area contributed by atoms with Crippen LogP contribution in [0.1, 0.15) is 24.5 Å². The number of benzene rings is 3. The van der Waals surface area contributed by atoms with Crippen molar-refractivity contribution in [3.05, 3.63) is 93.7 Å². The van der Waals surface area contributed by atoms with E-state index in [-0.39, 0.29) is 33.6 Å². The summed E-state index contributed by atoms with van der Waals surface area (Å²) in [5.41, 5.74) is 1.52. The van der Waals surface area contributed by atoms with Gasteiger partial charge < -0.3 is 10.2 Å². The van der Waals surface area contributed by atoms with Gasteiger partial charge in [0, 0.05) is 23.6 Å². The number of hydrogen-bond acceptors (Lipinski definition) is 4. The van der Waals surface area contributed by atoms with Crippen LogP contribution in [0.15, 0.2) is 71.6 Å². The minimum atomic E-state index is -4.25. The first-order valence-corrected chi connectivity index (χ1v) is 14.0. The van der Waals surface area contributed by atoms with Crippen LogP contribution in [0.2, 0.25) is 10.0 Å². The van der Waals surface area contributed by atoms with Gasteiger partial charge >= 0.3 is 0 Å². The Labute approximate surface area is 232 Å². The van der Waals surface area contributed by atoms with Crippen LogP contribution in [0.5, 0.6) is 0 Å². The maximum absolute atomic E-state index is 13.8. The fourth-order valence-electron chi connectivity index (χ4n) is 3.92. The van der Waals surface area contributed by atoms with Crippen LogP contribution >= 0.6 is 23.2 Å². The second kappa shape index (κ2) is 12.6. The number of amides is 2. The maximum atomic E-state index is 13.8. The Morgan fingerprint density at radius 3 is 2.08 bits per heavy atom. The second-order valence-electron chi connectivity index (χ2n) is 8.64. The van der Waals surface area contributed by atoms with Crippen molar-refractivity contribution in [1.29, 1.82) is 0 Å². The summed E-state index contributed by atoms with van der Waals surface area (Å²) < 4.78 is 42.0. The van der Waals surface area contributed by atoms with Crippen LogP contribution < -0.4 is 9.62 Å². The molecular weight excluding hydrogens is 552 g/mol. The van der Waals surface area contributed by atoms with Crippen LogP contribution in [0.4, 0.5) is 10.1 Å². The molecule has 0 saturated carbocycles. The van der Waals surface area contributed by atoms with Crippen molar-refractivity contribution in [2.75, 3.05) is 17.9 Å². The van der Waals surface area contributed by atoms with Crippen molar-refractivity contribution >= 4 is 50.7 Å². The molecule has 0 radical (unpaired) electrons. The molecule has 0 aliphatic heterocycles. The Bertz CT molecular complexity index is 1380. The molecule has 0 aromatic heterocycles.